The van der Waals surface area contributed by atoms with Crippen molar-refractivity contribution in [3.05, 3.63) is 0 Å². The Labute approximate surface area is 78.1 Å². The summed E-state index contributed by atoms with van der Waals surface area (Å²) in [5, 5.41) is 11.3. The summed E-state index contributed by atoms with van der Waals surface area (Å²) in [6.45, 7) is 2.84. The number of rotatable bonds is 6. The third-order valence-corrected chi connectivity index (χ3v) is 1.87. The predicted molar refractivity (Wildman–Crippen MR) is 49.2 cm³/mol. The van der Waals surface area contributed by atoms with Gasteiger partial charge in [0.05, 0.1) is 0 Å². The first-order valence-electron chi connectivity index (χ1n) is 4.14. The van der Waals surface area contributed by atoms with E-state index >= 15 is 0 Å². The van der Waals surface area contributed by atoms with E-state index in [9.17, 15) is 4.79 Å². The van der Waals surface area contributed by atoms with Gasteiger partial charge in [-0.3, -0.25) is 4.79 Å². The Morgan fingerprint density at radius 2 is 2.33 bits per heavy atom. The maximum atomic E-state index is 10.6. The Kier molecular flexibility index (Phi) is 7.20. The highest BCUT2D eigenvalue weighted by Gasteiger charge is 2.00. The summed E-state index contributed by atoms with van der Waals surface area (Å²) in [6.07, 6.45) is 1.82. The number of halogens is 1. The van der Waals surface area contributed by atoms with E-state index in [0.29, 0.717) is 12.5 Å². The quantitative estimate of drug-likeness (QED) is 0.483. The second kappa shape index (κ2) is 7.37. The third-order valence-electron chi connectivity index (χ3n) is 1.63. The van der Waals surface area contributed by atoms with Crippen molar-refractivity contribution in [2.45, 2.75) is 19.8 Å². The topological polar surface area (TPSA) is 49.3 Å². The van der Waals surface area contributed by atoms with Crippen LogP contribution in [-0.4, -0.2) is 30.0 Å². The number of alkyl halides is 1. The van der Waals surface area contributed by atoms with Crippen molar-refractivity contribution >= 4 is 17.5 Å². The van der Waals surface area contributed by atoms with Gasteiger partial charge < -0.3 is 10.4 Å². The standard InChI is InChI=1S/C8H16ClNO2/c1-7(6-11)3-2-4-10-8(12)5-9/h7,11H,2-6H2,1H3,(H,10,12). The zero-order chi connectivity index (χ0) is 9.40. The minimum Gasteiger partial charge on any atom is -0.396 e. The zero-order valence-corrected chi connectivity index (χ0v) is 8.10. The Hall–Kier alpha value is -0.280. The van der Waals surface area contributed by atoms with Gasteiger partial charge in [0.25, 0.3) is 0 Å². The number of aliphatic hydroxyl groups excluding tert-OH is 1. The van der Waals surface area contributed by atoms with Crippen molar-refractivity contribution in [3.63, 3.8) is 0 Å². The molecule has 0 aliphatic heterocycles. The van der Waals surface area contributed by atoms with E-state index in [0.717, 1.165) is 12.8 Å². The molecule has 1 amide bonds. The molecule has 3 nitrogen and oxygen atoms in total. The first-order valence-corrected chi connectivity index (χ1v) is 4.67. The van der Waals surface area contributed by atoms with Crippen LogP contribution in [0.3, 0.4) is 0 Å². The molecule has 2 N–H and O–H groups in total. The molecule has 0 bridgehead atoms. The van der Waals surface area contributed by atoms with Crippen LogP contribution in [0.4, 0.5) is 0 Å². The molecule has 12 heavy (non-hydrogen) atoms. The minimum atomic E-state index is -0.131. The predicted octanol–water partition coefficient (Wildman–Crippen LogP) is 0.750. The van der Waals surface area contributed by atoms with E-state index in [-0.39, 0.29) is 18.4 Å². The molecule has 1 unspecified atom stereocenters. The van der Waals surface area contributed by atoms with Crippen LogP contribution in [0, 0.1) is 5.92 Å². The van der Waals surface area contributed by atoms with Gasteiger partial charge in [-0.25, -0.2) is 0 Å². The van der Waals surface area contributed by atoms with Crippen LogP contribution in [0.1, 0.15) is 19.8 Å². The van der Waals surface area contributed by atoms with Gasteiger partial charge in [0.15, 0.2) is 0 Å². The molecule has 0 aliphatic carbocycles. The van der Waals surface area contributed by atoms with Crippen molar-refractivity contribution in [3.8, 4) is 0 Å². The van der Waals surface area contributed by atoms with Crippen LogP contribution < -0.4 is 5.32 Å². The molecule has 0 aromatic heterocycles. The van der Waals surface area contributed by atoms with Crippen LogP contribution in [-0.2, 0) is 4.79 Å². The van der Waals surface area contributed by atoms with Crippen LogP contribution in [0.25, 0.3) is 0 Å². The molecular formula is C8H16ClNO2. The summed E-state index contributed by atoms with van der Waals surface area (Å²) in [7, 11) is 0. The molecule has 4 heteroatoms. The van der Waals surface area contributed by atoms with Crippen molar-refractivity contribution in [1.29, 1.82) is 0 Å². The molecule has 0 aromatic carbocycles. The van der Waals surface area contributed by atoms with Gasteiger partial charge in [0.1, 0.15) is 5.88 Å². The lowest BCUT2D eigenvalue weighted by atomic mass is 10.1. The fourth-order valence-electron chi connectivity index (χ4n) is 0.817. The lowest BCUT2D eigenvalue weighted by Gasteiger charge is -2.07. The molecule has 0 saturated heterocycles. The number of carbonyl (C=O) groups excluding carboxylic acids is 1. The minimum absolute atomic E-state index is 0.0234. The van der Waals surface area contributed by atoms with Crippen molar-refractivity contribution < 1.29 is 9.90 Å². The Bertz CT molecular complexity index is 130. The molecular weight excluding hydrogens is 178 g/mol. The fraction of sp³-hybridized carbons (Fsp3) is 0.875. The molecule has 0 saturated carbocycles. The average Bonchev–Trinajstić information content (AvgIpc) is 2.11. The number of carbonyl (C=O) groups is 1. The third kappa shape index (κ3) is 6.43. The lowest BCUT2D eigenvalue weighted by molar-refractivity contribution is -0.118. The summed E-state index contributed by atoms with van der Waals surface area (Å²) in [4.78, 5) is 10.6. The van der Waals surface area contributed by atoms with E-state index in [1.165, 1.54) is 0 Å². The molecule has 0 rings (SSSR count). The lowest BCUT2D eigenvalue weighted by Crippen LogP contribution is -2.25. The van der Waals surface area contributed by atoms with Crippen LogP contribution in [0.15, 0.2) is 0 Å². The van der Waals surface area contributed by atoms with Crippen LogP contribution in [0.5, 0.6) is 0 Å². The van der Waals surface area contributed by atoms with Crippen molar-refractivity contribution in [1.82, 2.24) is 5.32 Å². The van der Waals surface area contributed by atoms with Crippen LogP contribution >= 0.6 is 11.6 Å². The number of nitrogens with one attached hydrogen (secondary N) is 1. The van der Waals surface area contributed by atoms with Gasteiger partial charge >= 0.3 is 0 Å². The number of hydrogen-bond acceptors (Lipinski definition) is 2. The summed E-state index contributed by atoms with van der Waals surface area (Å²) < 4.78 is 0. The smallest absolute Gasteiger partial charge is 0.234 e. The summed E-state index contributed by atoms with van der Waals surface area (Å²) >= 11 is 5.27. The van der Waals surface area contributed by atoms with Crippen LogP contribution in [0.2, 0.25) is 0 Å². The van der Waals surface area contributed by atoms with E-state index in [1.54, 1.807) is 0 Å². The molecule has 0 aliphatic rings. The van der Waals surface area contributed by atoms with Gasteiger partial charge in [0.2, 0.25) is 5.91 Å². The van der Waals surface area contributed by atoms with E-state index in [2.05, 4.69) is 5.32 Å². The average molecular weight is 194 g/mol. The maximum absolute atomic E-state index is 10.6. The van der Waals surface area contributed by atoms with E-state index in [1.807, 2.05) is 6.92 Å². The molecule has 0 heterocycles. The van der Waals surface area contributed by atoms with Gasteiger partial charge in [-0.1, -0.05) is 6.92 Å². The van der Waals surface area contributed by atoms with Gasteiger partial charge in [-0.05, 0) is 18.8 Å². The van der Waals surface area contributed by atoms with Crippen molar-refractivity contribution in [2.24, 2.45) is 5.92 Å². The Morgan fingerprint density at radius 1 is 1.67 bits per heavy atom. The van der Waals surface area contributed by atoms with Gasteiger partial charge in [-0.15, -0.1) is 11.6 Å². The zero-order valence-electron chi connectivity index (χ0n) is 7.35. The van der Waals surface area contributed by atoms with E-state index in [4.69, 9.17) is 16.7 Å². The molecule has 0 fully saturated rings. The molecule has 0 aromatic rings. The maximum Gasteiger partial charge on any atom is 0.234 e. The number of aliphatic hydroxyl groups is 1. The largest absolute Gasteiger partial charge is 0.396 e. The fourth-order valence-corrected chi connectivity index (χ4v) is 0.911. The highest BCUT2D eigenvalue weighted by atomic mass is 35.5. The first-order chi connectivity index (χ1) is 5.70. The Morgan fingerprint density at radius 3 is 2.83 bits per heavy atom. The Balaban J connectivity index is 3.15. The first kappa shape index (κ1) is 11.7. The van der Waals surface area contributed by atoms with Crippen molar-refractivity contribution in [2.75, 3.05) is 19.0 Å². The highest BCUT2D eigenvalue weighted by Crippen LogP contribution is 2.02. The normalized spacial score (nSPS) is 12.6. The number of hydrogen-bond donors (Lipinski definition) is 2. The second-order valence-electron chi connectivity index (χ2n) is 2.91. The summed E-state index contributed by atoms with van der Waals surface area (Å²) in [5.41, 5.74) is 0. The second-order valence-corrected chi connectivity index (χ2v) is 3.18. The molecule has 72 valence electrons. The van der Waals surface area contributed by atoms with E-state index < -0.39 is 0 Å². The SMILES string of the molecule is CC(CO)CCCNC(=O)CCl. The van der Waals surface area contributed by atoms with Gasteiger partial charge in [-0.2, -0.15) is 0 Å². The van der Waals surface area contributed by atoms with Gasteiger partial charge in [0, 0.05) is 13.2 Å². The molecule has 0 radical (unpaired) electrons. The highest BCUT2D eigenvalue weighted by molar-refractivity contribution is 6.27. The molecule has 1 atom stereocenters. The monoisotopic (exact) mass is 193 g/mol. The molecule has 0 spiro atoms. The number of amides is 1. The summed E-state index contributed by atoms with van der Waals surface area (Å²) in [6, 6.07) is 0. The summed E-state index contributed by atoms with van der Waals surface area (Å²) in [5.74, 6) is 0.210.